The van der Waals surface area contributed by atoms with Gasteiger partial charge in [-0.3, -0.25) is 0 Å². The second kappa shape index (κ2) is 16.2. The molecule has 0 aromatic carbocycles. The molecule has 0 saturated heterocycles. The lowest BCUT2D eigenvalue weighted by atomic mass is 10.1. The summed E-state index contributed by atoms with van der Waals surface area (Å²) in [5, 5.41) is 8.44. The fourth-order valence-corrected chi connectivity index (χ4v) is 2.59. The number of aliphatic hydroxyl groups is 1. The van der Waals surface area contributed by atoms with E-state index in [4.69, 9.17) is 5.11 Å². The molecule has 0 rings (SSSR count). The van der Waals surface area contributed by atoms with E-state index in [1.165, 1.54) is 44.9 Å². The van der Waals surface area contributed by atoms with Crippen molar-refractivity contribution >= 4 is 10.4 Å². The third kappa shape index (κ3) is 17.7. The van der Waals surface area contributed by atoms with Gasteiger partial charge in [0.25, 0.3) is 0 Å². The molecule has 4 N–H and O–H groups in total. The Hall–Kier alpha value is -0.210. The van der Waals surface area contributed by atoms with Crippen LogP contribution in [0.15, 0.2) is 0 Å². The maximum atomic E-state index is 11.1. The summed E-state index contributed by atoms with van der Waals surface area (Å²) < 4.78 is 31.2. The van der Waals surface area contributed by atoms with E-state index in [2.05, 4.69) is 15.3 Å². The first-order chi connectivity index (χ1) is 9.62. The Morgan fingerprint density at radius 3 is 1.67 bits per heavy atom. The largest absolute Gasteiger partial charge is 0.399 e. The van der Waals surface area contributed by atoms with Crippen LogP contribution in [0.3, 0.4) is 0 Å². The molecule has 6 nitrogen and oxygen atoms in total. The number of aliphatic hydroxyl groups excluding tert-OH is 1. The van der Waals surface area contributed by atoms with Gasteiger partial charge in [0.2, 0.25) is 0 Å². The molecule has 0 aliphatic rings. The first kappa shape index (κ1) is 23.1. The second-order valence-electron chi connectivity index (χ2n) is 4.96. The average Bonchev–Trinajstić information content (AvgIpc) is 2.42. The normalized spacial score (nSPS) is 11.3. The Kier molecular flexibility index (Phi) is 17.8. The van der Waals surface area contributed by atoms with Crippen LogP contribution in [0, 0.1) is 0 Å². The van der Waals surface area contributed by atoms with Gasteiger partial charge >= 0.3 is 10.4 Å². The van der Waals surface area contributed by atoms with Crippen molar-refractivity contribution in [2.24, 2.45) is 0 Å². The van der Waals surface area contributed by atoms with E-state index in [0.29, 0.717) is 0 Å². The lowest BCUT2D eigenvalue weighted by Crippen LogP contribution is -2.13. The van der Waals surface area contributed by atoms with Gasteiger partial charge in [0, 0.05) is 0 Å². The molecule has 0 atom stereocenters. The van der Waals surface area contributed by atoms with Gasteiger partial charge in [0.05, 0.1) is 19.8 Å². The Bertz CT molecular complexity index is 296. The quantitative estimate of drug-likeness (QED) is 0.447. The average molecular weight is 327 g/mol. The zero-order valence-electron chi connectivity index (χ0n) is 13.4. The van der Waals surface area contributed by atoms with Gasteiger partial charge in [-0.15, -0.1) is 0 Å². The van der Waals surface area contributed by atoms with Gasteiger partial charge in [0.1, 0.15) is 0 Å². The minimum absolute atomic E-state index is 0. The maximum Gasteiger partial charge on any atom is 0.399 e. The molecular formula is C14H33NO5S. The summed E-state index contributed by atoms with van der Waals surface area (Å²) in [5.41, 5.74) is 0. The molecule has 0 aliphatic carbocycles. The van der Waals surface area contributed by atoms with Crippen LogP contribution < -0.4 is 6.15 Å². The Labute approximate surface area is 130 Å². The van der Waals surface area contributed by atoms with Crippen LogP contribution in [-0.4, -0.2) is 33.3 Å². The van der Waals surface area contributed by atoms with Gasteiger partial charge in [-0.2, -0.15) is 8.42 Å². The second-order valence-corrected chi connectivity index (χ2v) is 6.25. The first-order valence-corrected chi connectivity index (χ1v) is 9.10. The first-order valence-electron chi connectivity index (χ1n) is 7.77. The predicted octanol–water partition coefficient (Wildman–Crippen LogP) is 3.34. The maximum absolute atomic E-state index is 11.1. The number of unbranched alkanes of at least 4 members (excludes halogenated alkanes) is 9. The van der Waals surface area contributed by atoms with Gasteiger partial charge in [-0.1, -0.05) is 64.7 Å². The molecule has 21 heavy (non-hydrogen) atoms. The van der Waals surface area contributed by atoms with Gasteiger partial charge in [-0.25, -0.2) is 8.37 Å². The van der Waals surface area contributed by atoms with E-state index in [1.54, 1.807) is 0 Å². The third-order valence-electron chi connectivity index (χ3n) is 3.04. The zero-order chi connectivity index (χ0) is 15.1. The van der Waals surface area contributed by atoms with E-state index < -0.39 is 10.4 Å². The topological polar surface area (TPSA) is 108 Å². The molecule has 0 amide bonds. The SMILES string of the molecule is CCCCCCCCCCCCOS(=O)(=O)OCCO.N. The van der Waals surface area contributed by atoms with Crippen molar-refractivity contribution in [3.05, 3.63) is 0 Å². The number of rotatable bonds is 15. The van der Waals surface area contributed by atoms with Crippen molar-refractivity contribution < 1.29 is 21.9 Å². The van der Waals surface area contributed by atoms with E-state index in [-0.39, 0.29) is 26.0 Å². The molecule has 0 bridgehead atoms. The van der Waals surface area contributed by atoms with Crippen molar-refractivity contribution in [1.29, 1.82) is 0 Å². The Morgan fingerprint density at radius 1 is 0.762 bits per heavy atom. The summed E-state index contributed by atoms with van der Waals surface area (Å²) in [4.78, 5) is 0. The van der Waals surface area contributed by atoms with E-state index in [9.17, 15) is 8.42 Å². The number of hydrogen-bond acceptors (Lipinski definition) is 6. The van der Waals surface area contributed by atoms with E-state index in [1.807, 2.05) is 0 Å². The minimum Gasteiger partial charge on any atom is -0.394 e. The van der Waals surface area contributed by atoms with Crippen molar-refractivity contribution in [2.45, 2.75) is 71.1 Å². The fraction of sp³-hybridized carbons (Fsp3) is 1.00. The fourth-order valence-electron chi connectivity index (χ4n) is 1.92. The number of hydrogen-bond donors (Lipinski definition) is 2. The summed E-state index contributed by atoms with van der Waals surface area (Å²) in [5.74, 6) is 0. The standard InChI is InChI=1S/C14H30O5S.H3N/c1-2-3-4-5-6-7-8-9-10-11-13-18-20(16,17)19-14-12-15;/h15H,2-14H2,1H3;1H3. The Balaban J connectivity index is 0. The van der Waals surface area contributed by atoms with Gasteiger partial charge in [0.15, 0.2) is 0 Å². The molecule has 130 valence electrons. The van der Waals surface area contributed by atoms with Crippen LogP contribution in [0.4, 0.5) is 0 Å². The molecule has 0 aromatic rings. The highest BCUT2D eigenvalue weighted by atomic mass is 32.3. The van der Waals surface area contributed by atoms with Gasteiger partial charge in [-0.05, 0) is 6.42 Å². The highest BCUT2D eigenvalue weighted by Crippen LogP contribution is 2.10. The van der Waals surface area contributed by atoms with E-state index >= 15 is 0 Å². The van der Waals surface area contributed by atoms with Gasteiger partial charge < -0.3 is 11.3 Å². The summed E-state index contributed by atoms with van der Waals surface area (Å²) in [6.45, 7) is 1.79. The van der Waals surface area contributed by atoms with Crippen LogP contribution in [0.1, 0.15) is 71.1 Å². The highest BCUT2D eigenvalue weighted by Gasteiger charge is 2.10. The summed E-state index contributed by atoms with van der Waals surface area (Å²) >= 11 is 0. The molecular weight excluding hydrogens is 294 g/mol. The van der Waals surface area contributed by atoms with Crippen LogP contribution in [0.25, 0.3) is 0 Å². The Morgan fingerprint density at radius 2 is 1.19 bits per heavy atom. The molecule has 0 aliphatic heterocycles. The highest BCUT2D eigenvalue weighted by molar-refractivity contribution is 7.81. The van der Waals surface area contributed by atoms with Crippen LogP contribution >= 0.6 is 0 Å². The van der Waals surface area contributed by atoms with Crippen molar-refractivity contribution in [3.63, 3.8) is 0 Å². The van der Waals surface area contributed by atoms with Crippen LogP contribution in [0.2, 0.25) is 0 Å². The van der Waals surface area contributed by atoms with Crippen molar-refractivity contribution in [1.82, 2.24) is 6.15 Å². The monoisotopic (exact) mass is 327 g/mol. The summed E-state index contributed by atoms with van der Waals surface area (Å²) in [7, 11) is -3.91. The van der Waals surface area contributed by atoms with E-state index in [0.717, 1.165) is 19.3 Å². The molecule has 0 unspecified atom stereocenters. The zero-order valence-corrected chi connectivity index (χ0v) is 14.2. The van der Waals surface area contributed by atoms with Crippen LogP contribution in [-0.2, 0) is 18.8 Å². The van der Waals surface area contributed by atoms with Crippen molar-refractivity contribution in [3.8, 4) is 0 Å². The molecule has 0 spiro atoms. The smallest absolute Gasteiger partial charge is 0.394 e. The molecule has 7 heteroatoms. The van der Waals surface area contributed by atoms with Crippen LogP contribution in [0.5, 0.6) is 0 Å². The molecule has 0 heterocycles. The molecule has 0 aromatic heterocycles. The third-order valence-corrected chi connectivity index (χ3v) is 3.96. The molecule has 0 saturated carbocycles. The lowest BCUT2D eigenvalue weighted by molar-refractivity contribution is 0.167. The predicted molar refractivity (Wildman–Crippen MR) is 84.8 cm³/mol. The van der Waals surface area contributed by atoms with Crippen molar-refractivity contribution in [2.75, 3.05) is 19.8 Å². The summed E-state index contributed by atoms with van der Waals surface area (Å²) in [6.07, 6.45) is 11.9. The molecule has 0 radical (unpaired) electrons. The summed E-state index contributed by atoms with van der Waals surface area (Å²) in [6, 6.07) is 0. The lowest BCUT2D eigenvalue weighted by Gasteiger charge is -2.05. The minimum atomic E-state index is -3.91. The molecule has 0 fully saturated rings.